The average Bonchev–Trinajstić information content (AvgIpc) is 2.41. The van der Waals surface area contributed by atoms with Crippen LogP contribution < -0.4 is 0 Å². The predicted octanol–water partition coefficient (Wildman–Crippen LogP) is 3.07. The van der Waals surface area contributed by atoms with E-state index in [1.807, 2.05) is 34.6 Å². The van der Waals surface area contributed by atoms with Crippen LogP contribution in [0.2, 0.25) is 0 Å². The van der Waals surface area contributed by atoms with Crippen LogP contribution in [0.1, 0.15) is 61.3 Å². The van der Waals surface area contributed by atoms with Crippen LogP contribution in [0.5, 0.6) is 0 Å². The summed E-state index contributed by atoms with van der Waals surface area (Å²) >= 11 is 0. The van der Waals surface area contributed by atoms with Crippen molar-refractivity contribution < 1.29 is 23.9 Å². The summed E-state index contributed by atoms with van der Waals surface area (Å²) in [7, 11) is -4.27. The predicted molar refractivity (Wildman–Crippen MR) is 95.8 cm³/mol. The summed E-state index contributed by atoms with van der Waals surface area (Å²) < 4.78 is 11.6. The van der Waals surface area contributed by atoms with E-state index in [2.05, 4.69) is 0 Å². The second-order valence-corrected chi connectivity index (χ2v) is 9.11. The highest BCUT2D eigenvalue weighted by atomic mass is 31.2. The highest BCUT2D eigenvalue weighted by molar-refractivity contribution is 7.51. The molecule has 0 aromatic rings. The molecule has 0 aromatic heterocycles. The summed E-state index contributed by atoms with van der Waals surface area (Å²) in [4.78, 5) is 44.4. The van der Waals surface area contributed by atoms with Crippen LogP contribution >= 0.6 is 7.60 Å². The van der Waals surface area contributed by atoms with Gasteiger partial charge in [-0.2, -0.15) is 0 Å². The molecule has 0 saturated heterocycles. The third kappa shape index (κ3) is 7.14. The summed E-state index contributed by atoms with van der Waals surface area (Å²) in [5, 5.41) is 0. The van der Waals surface area contributed by atoms with Gasteiger partial charge in [0.2, 0.25) is 0 Å². The van der Waals surface area contributed by atoms with Gasteiger partial charge in [0, 0.05) is 23.9 Å². The molecule has 0 saturated carbocycles. The van der Waals surface area contributed by atoms with Crippen molar-refractivity contribution in [2.24, 2.45) is 17.3 Å². The maximum Gasteiger partial charge on any atom is 0.339 e. The molecule has 0 rings (SSSR count). The normalized spacial score (nSPS) is 16.8. The van der Waals surface area contributed by atoms with Gasteiger partial charge in [-0.05, 0) is 33.1 Å². The molecule has 0 aliphatic heterocycles. The molecule has 0 spiro atoms. The number of Topliss-reactive ketones (excluding diaryl/α,β-unsaturated/α-hetero) is 2. The van der Waals surface area contributed by atoms with E-state index in [-0.39, 0.29) is 29.4 Å². The Hall–Kier alpha value is -0.550. The summed E-state index contributed by atoms with van der Waals surface area (Å²) in [6.45, 7) is 12.8. The van der Waals surface area contributed by atoms with E-state index in [0.717, 1.165) is 6.42 Å². The Morgan fingerprint density at radius 2 is 1.67 bits per heavy atom. The van der Waals surface area contributed by atoms with Gasteiger partial charge in [0.15, 0.2) is 0 Å². The summed E-state index contributed by atoms with van der Waals surface area (Å²) in [6.07, 6.45) is 1.10. The van der Waals surface area contributed by atoms with Crippen LogP contribution in [0.15, 0.2) is 0 Å². The standard InChI is InChI=1S/C17H34NO5P/c1-8-9-16(14(4)19)13(3)18(11-24(21,22)23)10-12(2)17(6,7)15(5)20/h12-13,16H,8-11H2,1-7H3,(H2,21,22,23). The lowest BCUT2D eigenvalue weighted by molar-refractivity contribution is -0.128. The monoisotopic (exact) mass is 363 g/mol. The van der Waals surface area contributed by atoms with E-state index < -0.39 is 19.3 Å². The maximum absolute atomic E-state index is 12.0. The lowest BCUT2D eigenvalue weighted by atomic mass is 9.76. The third-order valence-electron chi connectivity index (χ3n) is 5.29. The zero-order valence-electron chi connectivity index (χ0n) is 16.1. The number of hydrogen-bond donors (Lipinski definition) is 2. The van der Waals surface area contributed by atoms with Crippen LogP contribution in [-0.2, 0) is 14.2 Å². The van der Waals surface area contributed by atoms with E-state index >= 15 is 0 Å². The van der Waals surface area contributed by atoms with Crippen molar-refractivity contribution in [2.75, 3.05) is 12.8 Å². The van der Waals surface area contributed by atoms with Crippen LogP contribution in [0, 0.1) is 17.3 Å². The molecule has 0 fully saturated rings. The lowest BCUT2D eigenvalue weighted by Crippen LogP contribution is -2.46. The Morgan fingerprint density at radius 1 is 1.17 bits per heavy atom. The van der Waals surface area contributed by atoms with Gasteiger partial charge in [-0.15, -0.1) is 0 Å². The topological polar surface area (TPSA) is 94.9 Å². The van der Waals surface area contributed by atoms with E-state index in [1.54, 1.807) is 4.90 Å². The Labute approximate surface area is 146 Å². The van der Waals surface area contributed by atoms with E-state index in [9.17, 15) is 23.9 Å². The fraction of sp³-hybridized carbons (Fsp3) is 0.882. The molecule has 0 aromatic carbocycles. The third-order valence-corrected chi connectivity index (χ3v) is 6.03. The molecular weight excluding hydrogens is 329 g/mol. The molecule has 0 heterocycles. The van der Waals surface area contributed by atoms with E-state index in [0.29, 0.717) is 13.0 Å². The zero-order chi connectivity index (χ0) is 19.3. The highest BCUT2D eigenvalue weighted by Gasteiger charge is 2.36. The van der Waals surface area contributed by atoms with Crippen LogP contribution in [-0.4, -0.2) is 45.1 Å². The molecule has 0 aliphatic rings. The highest BCUT2D eigenvalue weighted by Crippen LogP contribution is 2.38. The Kier molecular flexibility index (Phi) is 9.02. The summed E-state index contributed by atoms with van der Waals surface area (Å²) in [5.74, 6) is -0.304. The molecule has 3 atom stereocenters. The summed E-state index contributed by atoms with van der Waals surface area (Å²) in [5.41, 5.74) is -0.594. The number of carbonyl (C=O) groups is 2. The van der Waals surface area contributed by atoms with Gasteiger partial charge in [-0.25, -0.2) is 0 Å². The Bertz CT molecular complexity index is 485. The van der Waals surface area contributed by atoms with E-state index in [1.165, 1.54) is 13.8 Å². The average molecular weight is 363 g/mol. The Morgan fingerprint density at radius 3 is 2.00 bits per heavy atom. The van der Waals surface area contributed by atoms with Gasteiger partial charge in [-0.3, -0.25) is 19.1 Å². The van der Waals surface area contributed by atoms with Crippen LogP contribution in [0.3, 0.4) is 0 Å². The first-order valence-corrected chi connectivity index (χ1v) is 10.3. The number of rotatable bonds is 11. The van der Waals surface area contributed by atoms with Gasteiger partial charge in [0.25, 0.3) is 0 Å². The Balaban J connectivity index is 5.48. The smallest absolute Gasteiger partial charge is 0.324 e. The molecule has 0 radical (unpaired) electrons. The second-order valence-electron chi connectivity index (χ2n) is 7.50. The number of hydrogen-bond acceptors (Lipinski definition) is 4. The minimum Gasteiger partial charge on any atom is -0.324 e. The lowest BCUT2D eigenvalue weighted by Gasteiger charge is -2.39. The quantitative estimate of drug-likeness (QED) is 0.548. The first-order chi connectivity index (χ1) is 10.7. The fourth-order valence-corrected chi connectivity index (χ4v) is 3.71. The molecule has 3 unspecified atom stereocenters. The molecule has 0 aliphatic carbocycles. The van der Waals surface area contributed by atoms with Crippen molar-refractivity contribution in [3.63, 3.8) is 0 Å². The molecular formula is C17H34NO5P. The molecule has 7 heteroatoms. The van der Waals surface area contributed by atoms with Crippen molar-refractivity contribution in [1.82, 2.24) is 4.90 Å². The van der Waals surface area contributed by atoms with Crippen LogP contribution in [0.4, 0.5) is 0 Å². The molecule has 24 heavy (non-hydrogen) atoms. The molecule has 6 nitrogen and oxygen atoms in total. The van der Waals surface area contributed by atoms with E-state index in [4.69, 9.17) is 0 Å². The molecule has 142 valence electrons. The number of carbonyl (C=O) groups excluding carboxylic acids is 2. The number of nitrogens with zero attached hydrogens (tertiary/aromatic N) is 1. The second kappa shape index (κ2) is 9.23. The summed E-state index contributed by atoms with van der Waals surface area (Å²) in [6, 6.07) is -0.291. The van der Waals surface area contributed by atoms with Gasteiger partial charge in [0.05, 0.1) is 0 Å². The minimum atomic E-state index is -4.27. The van der Waals surface area contributed by atoms with Crippen molar-refractivity contribution in [3.05, 3.63) is 0 Å². The SMILES string of the molecule is CCCC(C(C)=O)C(C)N(CC(C)C(C)(C)C(C)=O)CP(=O)(O)O. The van der Waals surface area contributed by atoms with Crippen LogP contribution in [0.25, 0.3) is 0 Å². The zero-order valence-corrected chi connectivity index (χ0v) is 17.0. The molecule has 2 N–H and O–H groups in total. The minimum absolute atomic E-state index is 0.0264. The van der Waals surface area contributed by atoms with Gasteiger partial charge in [0.1, 0.15) is 17.9 Å². The molecule has 0 bridgehead atoms. The van der Waals surface area contributed by atoms with Gasteiger partial charge in [-0.1, -0.05) is 34.1 Å². The van der Waals surface area contributed by atoms with Gasteiger partial charge < -0.3 is 9.79 Å². The molecule has 0 amide bonds. The van der Waals surface area contributed by atoms with Gasteiger partial charge >= 0.3 is 7.60 Å². The van der Waals surface area contributed by atoms with Crippen molar-refractivity contribution in [1.29, 1.82) is 0 Å². The number of ketones is 2. The van der Waals surface area contributed by atoms with Crippen molar-refractivity contribution in [2.45, 2.75) is 67.3 Å². The maximum atomic E-state index is 12.0. The largest absolute Gasteiger partial charge is 0.339 e. The first kappa shape index (κ1) is 23.4. The van der Waals surface area contributed by atoms with Crippen molar-refractivity contribution in [3.8, 4) is 0 Å². The first-order valence-electron chi connectivity index (χ1n) is 8.54. The van der Waals surface area contributed by atoms with Crippen molar-refractivity contribution >= 4 is 19.2 Å². The fourth-order valence-electron chi connectivity index (χ4n) is 2.87.